The zero-order chi connectivity index (χ0) is 26.2. The highest BCUT2D eigenvalue weighted by Crippen LogP contribution is 2.24. The van der Waals surface area contributed by atoms with Gasteiger partial charge in [0.15, 0.2) is 5.43 Å². The molecule has 0 spiro atoms. The third-order valence-electron chi connectivity index (χ3n) is 5.88. The Morgan fingerprint density at radius 3 is 2.41 bits per heavy atom. The summed E-state index contributed by atoms with van der Waals surface area (Å²) < 4.78 is 27.4. The Kier molecular flexibility index (Phi) is 6.18. The summed E-state index contributed by atoms with van der Waals surface area (Å²) in [5, 5.41) is 8.41. The molecule has 2 N–H and O–H groups in total. The van der Waals surface area contributed by atoms with Gasteiger partial charge in [0.25, 0.3) is 5.91 Å². The fourth-order valence-electron chi connectivity index (χ4n) is 4.10. The Bertz CT molecular complexity index is 1830. The molecule has 0 saturated heterocycles. The Labute approximate surface area is 212 Å². The predicted octanol–water partition coefficient (Wildman–Crippen LogP) is 3.45. The van der Waals surface area contributed by atoms with Crippen molar-refractivity contribution < 1.29 is 13.2 Å². The fourth-order valence-corrected chi connectivity index (χ4v) is 4.65. The second kappa shape index (κ2) is 9.47. The molecular weight excluding hydrogens is 490 g/mol. The third kappa shape index (κ3) is 5.34. The van der Waals surface area contributed by atoms with E-state index in [1.807, 2.05) is 25.4 Å². The molecule has 3 aromatic carbocycles. The molecular formula is C27H23N5O4S. The van der Waals surface area contributed by atoms with Crippen LogP contribution in [-0.4, -0.2) is 35.3 Å². The van der Waals surface area contributed by atoms with Gasteiger partial charge in [0.1, 0.15) is 0 Å². The molecule has 0 unspecified atom stereocenters. The first kappa shape index (κ1) is 24.1. The first-order chi connectivity index (χ1) is 17.7. The molecule has 0 fully saturated rings. The molecule has 0 aliphatic carbocycles. The molecule has 1 amide bonds. The van der Waals surface area contributed by atoms with E-state index in [1.165, 1.54) is 6.07 Å². The van der Waals surface area contributed by atoms with Crippen molar-refractivity contribution in [2.75, 3.05) is 11.0 Å². The molecule has 186 valence electrons. The molecule has 2 heterocycles. The molecule has 9 nitrogen and oxygen atoms in total. The van der Waals surface area contributed by atoms with Crippen LogP contribution in [-0.2, 0) is 23.6 Å². The lowest BCUT2D eigenvalue weighted by Crippen LogP contribution is -2.22. The van der Waals surface area contributed by atoms with Crippen molar-refractivity contribution in [1.82, 2.24) is 20.1 Å². The van der Waals surface area contributed by atoms with Gasteiger partial charge in [-0.1, -0.05) is 24.3 Å². The van der Waals surface area contributed by atoms with Gasteiger partial charge in [0, 0.05) is 59.1 Å². The average molecular weight is 514 g/mol. The summed E-state index contributed by atoms with van der Waals surface area (Å²) in [5.74, 6) is -0.203. The van der Waals surface area contributed by atoms with Crippen LogP contribution in [0.5, 0.6) is 0 Å². The predicted molar refractivity (Wildman–Crippen MR) is 144 cm³/mol. The van der Waals surface area contributed by atoms with Crippen molar-refractivity contribution >= 4 is 43.3 Å². The number of carbonyl (C=O) groups excluding carboxylic acids is 1. The van der Waals surface area contributed by atoms with Crippen molar-refractivity contribution in [3.63, 3.8) is 0 Å². The first-order valence-corrected chi connectivity index (χ1v) is 13.3. The normalized spacial score (nSPS) is 11.5. The Balaban J connectivity index is 1.46. The molecule has 0 saturated carbocycles. The van der Waals surface area contributed by atoms with E-state index in [-0.39, 0.29) is 11.3 Å². The number of amides is 1. The summed E-state index contributed by atoms with van der Waals surface area (Å²) in [5.41, 5.74) is 3.51. The highest BCUT2D eigenvalue weighted by atomic mass is 32.2. The topological polar surface area (TPSA) is 123 Å². The number of hydrogen-bond acceptors (Lipinski definition) is 6. The van der Waals surface area contributed by atoms with Gasteiger partial charge in [0.2, 0.25) is 10.0 Å². The van der Waals surface area contributed by atoms with E-state index in [9.17, 15) is 18.0 Å². The number of hydrogen-bond donors (Lipinski definition) is 2. The number of fused-ring (bicyclic) bond motifs is 2. The number of nitrogens with one attached hydrogen (secondary N) is 2. The van der Waals surface area contributed by atoms with E-state index >= 15 is 0 Å². The van der Waals surface area contributed by atoms with Gasteiger partial charge in [-0.05, 0) is 47.3 Å². The van der Waals surface area contributed by atoms with Crippen LogP contribution >= 0.6 is 0 Å². The quantitative estimate of drug-likeness (QED) is 0.359. The number of sulfonamides is 1. The number of pyridine rings is 1. The number of aryl methyl sites for hydroxylation is 1. The minimum Gasteiger partial charge on any atom is -0.348 e. The second-order valence-corrected chi connectivity index (χ2v) is 10.5. The molecule has 0 atom stereocenters. The monoisotopic (exact) mass is 513 g/mol. The van der Waals surface area contributed by atoms with Crippen molar-refractivity contribution in [2.45, 2.75) is 6.54 Å². The average Bonchev–Trinajstić information content (AvgIpc) is 3.24. The fraction of sp³-hybridized carbons (Fsp3) is 0.111. The van der Waals surface area contributed by atoms with Crippen LogP contribution in [0, 0.1) is 0 Å². The number of aromatic nitrogens is 3. The molecule has 5 aromatic rings. The molecule has 0 radical (unpaired) electrons. The van der Waals surface area contributed by atoms with Crippen molar-refractivity contribution in [1.29, 1.82) is 0 Å². The summed E-state index contributed by atoms with van der Waals surface area (Å²) in [4.78, 5) is 30.5. The highest BCUT2D eigenvalue weighted by Gasteiger charge is 2.10. The lowest BCUT2D eigenvalue weighted by Gasteiger charge is -2.06. The molecule has 5 rings (SSSR count). The molecule has 10 heteroatoms. The molecule has 0 aliphatic heterocycles. The smallest absolute Gasteiger partial charge is 0.251 e. The molecule has 0 aliphatic rings. The van der Waals surface area contributed by atoms with Gasteiger partial charge in [-0.15, -0.1) is 0 Å². The van der Waals surface area contributed by atoms with Crippen molar-refractivity contribution in [3.8, 4) is 11.1 Å². The van der Waals surface area contributed by atoms with Crippen LogP contribution in [0.2, 0.25) is 0 Å². The summed E-state index contributed by atoms with van der Waals surface area (Å²) in [7, 11) is -1.67. The maximum atomic E-state index is 13.4. The minimum absolute atomic E-state index is 0.203. The SMILES string of the molecule is Cn1cc(CNC(=O)c2ccc(-c3cnc4ccc5ccc(NS(C)(=O)=O)cc5c(=O)c4c3)cc2)cn1. The maximum absolute atomic E-state index is 13.4. The molecule has 37 heavy (non-hydrogen) atoms. The number of anilines is 1. The van der Waals surface area contributed by atoms with Crippen LogP contribution < -0.4 is 15.5 Å². The Hall–Kier alpha value is -4.57. The van der Waals surface area contributed by atoms with E-state index in [0.29, 0.717) is 39.5 Å². The van der Waals surface area contributed by atoms with Crippen LogP contribution in [0.25, 0.3) is 32.8 Å². The summed E-state index contributed by atoms with van der Waals surface area (Å²) in [6.45, 7) is 0.377. The van der Waals surface area contributed by atoms with Crippen LogP contribution in [0.3, 0.4) is 0 Å². The lowest BCUT2D eigenvalue weighted by molar-refractivity contribution is 0.0951. The summed E-state index contributed by atoms with van der Waals surface area (Å²) in [6, 6.07) is 17.2. The van der Waals surface area contributed by atoms with Gasteiger partial charge in [-0.2, -0.15) is 5.10 Å². The zero-order valence-corrected chi connectivity index (χ0v) is 20.9. The number of benzene rings is 2. The minimum atomic E-state index is -3.48. The van der Waals surface area contributed by atoms with Crippen molar-refractivity contribution in [2.24, 2.45) is 7.05 Å². The van der Waals surface area contributed by atoms with E-state index in [0.717, 1.165) is 22.9 Å². The van der Waals surface area contributed by atoms with Gasteiger partial charge >= 0.3 is 0 Å². The maximum Gasteiger partial charge on any atom is 0.251 e. The third-order valence-corrected chi connectivity index (χ3v) is 6.48. The van der Waals surface area contributed by atoms with Crippen LogP contribution in [0.15, 0.2) is 84.0 Å². The Morgan fingerprint density at radius 2 is 1.70 bits per heavy atom. The standard InChI is InChI=1S/C27H23N5O4S/c1-32-16-17(14-30-32)13-29-27(34)20-5-3-18(4-6-20)21-11-24-25(28-15-21)10-8-19-7-9-22(31-37(2,35)36)12-23(19)26(24)33/h3-12,14-16,31H,13H2,1-2H3,(H,29,34). The zero-order valence-electron chi connectivity index (χ0n) is 20.1. The van der Waals surface area contributed by atoms with E-state index in [1.54, 1.807) is 59.5 Å². The molecule has 0 bridgehead atoms. The summed E-state index contributed by atoms with van der Waals surface area (Å²) in [6.07, 6.45) is 6.28. The largest absolute Gasteiger partial charge is 0.348 e. The molecule has 2 aromatic heterocycles. The lowest BCUT2D eigenvalue weighted by atomic mass is 10.0. The van der Waals surface area contributed by atoms with Gasteiger partial charge in [-0.3, -0.25) is 24.0 Å². The van der Waals surface area contributed by atoms with Gasteiger partial charge < -0.3 is 5.32 Å². The second-order valence-electron chi connectivity index (χ2n) is 8.78. The van der Waals surface area contributed by atoms with Crippen molar-refractivity contribution in [3.05, 3.63) is 101 Å². The van der Waals surface area contributed by atoms with Gasteiger partial charge in [0.05, 0.1) is 18.0 Å². The number of carbonyl (C=O) groups is 1. The van der Waals surface area contributed by atoms with Crippen LogP contribution in [0.1, 0.15) is 15.9 Å². The van der Waals surface area contributed by atoms with E-state index in [4.69, 9.17) is 0 Å². The van der Waals surface area contributed by atoms with Crippen LogP contribution in [0.4, 0.5) is 5.69 Å². The highest BCUT2D eigenvalue weighted by molar-refractivity contribution is 7.92. The Morgan fingerprint density at radius 1 is 0.946 bits per heavy atom. The summed E-state index contributed by atoms with van der Waals surface area (Å²) >= 11 is 0. The van der Waals surface area contributed by atoms with E-state index in [2.05, 4.69) is 20.1 Å². The van der Waals surface area contributed by atoms with E-state index < -0.39 is 10.0 Å². The first-order valence-electron chi connectivity index (χ1n) is 11.4. The number of nitrogens with zero attached hydrogens (tertiary/aromatic N) is 3. The van der Waals surface area contributed by atoms with Gasteiger partial charge in [-0.25, -0.2) is 8.42 Å². The number of rotatable bonds is 6.